The van der Waals surface area contributed by atoms with E-state index in [2.05, 4.69) is 10.4 Å². The van der Waals surface area contributed by atoms with Gasteiger partial charge >= 0.3 is 0 Å². The second-order valence-electron chi connectivity index (χ2n) is 4.82. The van der Waals surface area contributed by atoms with Gasteiger partial charge < -0.3 is 5.32 Å². The average molecular weight is 324 g/mol. The van der Waals surface area contributed by atoms with Gasteiger partial charge in [-0.15, -0.1) is 0 Å². The lowest BCUT2D eigenvalue weighted by atomic mass is 10.1. The molecule has 0 saturated heterocycles. The molecule has 1 amide bonds. The maximum Gasteiger partial charge on any atom is 0.228 e. The van der Waals surface area contributed by atoms with Gasteiger partial charge in [-0.2, -0.15) is 5.10 Å². The van der Waals surface area contributed by atoms with Crippen LogP contribution in [-0.2, 0) is 11.8 Å². The molecule has 0 atom stereocenters. The standard InChI is InChI=1S/C13H14ClN3O.2C2H6/c1-7-3-6-9(14)10-11(7)17(2)16-12(10)15-13(18)8-4-5-8;2*1-2/h3,6,8H,4-5H2,1-2H3,(H,15,16,18);2*1-2H3. The number of carbonyl (C=O) groups is 1. The Hall–Kier alpha value is -1.55. The van der Waals surface area contributed by atoms with Gasteiger partial charge in [-0.1, -0.05) is 45.4 Å². The molecule has 0 radical (unpaired) electrons. The first-order chi connectivity index (χ1) is 10.6. The molecule has 4 nitrogen and oxygen atoms in total. The van der Waals surface area contributed by atoms with Gasteiger partial charge in [0.2, 0.25) is 5.91 Å². The van der Waals surface area contributed by atoms with Gasteiger partial charge in [0.1, 0.15) is 0 Å². The van der Waals surface area contributed by atoms with Gasteiger partial charge in [0.25, 0.3) is 0 Å². The zero-order valence-corrected chi connectivity index (χ0v) is 15.1. The number of fused-ring (bicyclic) bond motifs is 1. The molecule has 3 rings (SSSR count). The Kier molecular flexibility index (Phi) is 6.88. The van der Waals surface area contributed by atoms with Crippen molar-refractivity contribution in [3.63, 3.8) is 0 Å². The van der Waals surface area contributed by atoms with E-state index in [0.717, 1.165) is 29.3 Å². The summed E-state index contributed by atoms with van der Waals surface area (Å²) in [4.78, 5) is 11.8. The minimum atomic E-state index is 0.0487. The lowest BCUT2D eigenvalue weighted by molar-refractivity contribution is -0.117. The van der Waals surface area contributed by atoms with Gasteiger partial charge in [-0.25, -0.2) is 0 Å². The number of aromatic nitrogens is 2. The Balaban J connectivity index is 0.000000561. The molecule has 0 spiro atoms. The molecule has 0 aliphatic heterocycles. The minimum Gasteiger partial charge on any atom is -0.308 e. The van der Waals surface area contributed by atoms with E-state index in [1.807, 2.05) is 53.8 Å². The highest BCUT2D eigenvalue weighted by Crippen LogP contribution is 2.34. The number of nitrogens with zero attached hydrogens (tertiary/aromatic N) is 2. The highest BCUT2D eigenvalue weighted by atomic mass is 35.5. The van der Waals surface area contributed by atoms with Crippen LogP contribution in [0, 0.1) is 12.8 Å². The molecule has 1 fully saturated rings. The number of amides is 1. The molecule has 1 aliphatic carbocycles. The molecule has 122 valence electrons. The lowest BCUT2D eigenvalue weighted by Crippen LogP contribution is -2.14. The zero-order chi connectivity index (χ0) is 16.9. The average Bonchev–Trinajstić information content (AvgIpc) is 3.33. The fraction of sp³-hybridized carbons (Fsp3) is 0.529. The number of aryl methyl sites for hydroxylation is 2. The first kappa shape index (κ1) is 18.5. The molecule has 1 aromatic carbocycles. The summed E-state index contributed by atoms with van der Waals surface area (Å²) >= 11 is 6.22. The van der Waals surface area contributed by atoms with Crippen molar-refractivity contribution < 1.29 is 4.79 Å². The topological polar surface area (TPSA) is 46.9 Å². The summed E-state index contributed by atoms with van der Waals surface area (Å²) in [6, 6.07) is 3.80. The highest BCUT2D eigenvalue weighted by molar-refractivity contribution is 6.36. The minimum absolute atomic E-state index is 0.0487. The van der Waals surface area contributed by atoms with Crippen molar-refractivity contribution in [1.82, 2.24) is 9.78 Å². The first-order valence-corrected chi connectivity index (χ1v) is 8.38. The monoisotopic (exact) mass is 323 g/mol. The maximum atomic E-state index is 11.8. The van der Waals surface area contributed by atoms with Crippen LogP contribution in [-0.4, -0.2) is 15.7 Å². The molecule has 1 N–H and O–H groups in total. The molecular weight excluding hydrogens is 298 g/mol. The van der Waals surface area contributed by atoms with E-state index in [9.17, 15) is 4.79 Å². The maximum absolute atomic E-state index is 11.8. The van der Waals surface area contributed by atoms with Crippen LogP contribution in [0.5, 0.6) is 0 Å². The number of carbonyl (C=O) groups excluding carboxylic acids is 1. The third-order valence-corrected chi connectivity index (χ3v) is 3.64. The SMILES string of the molecule is CC.CC.Cc1ccc(Cl)c2c(NC(=O)C3CC3)nn(C)c12. The van der Waals surface area contributed by atoms with E-state index in [1.54, 1.807) is 4.68 Å². The highest BCUT2D eigenvalue weighted by Gasteiger charge is 2.30. The fourth-order valence-electron chi connectivity index (χ4n) is 2.21. The summed E-state index contributed by atoms with van der Waals surface area (Å²) in [5.74, 6) is 0.774. The van der Waals surface area contributed by atoms with Crippen molar-refractivity contribution in [2.24, 2.45) is 13.0 Å². The van der Waals surface area contributed by atoms with Gasteiger partial charge in [-0.05, 0) is 31.4 Å². The van der Waals surface area contributed by atoms with Crippen LogP contribution in [0.4, 0.5) is 5.82 Å². The van der Waals surface area contributed by atoms with E-state index in [0.29, 0.717) is 10.8 Å². The van der Waals surface area contributed by atoms with Gasteiger partial charge in [-0.3, -0.25) is 9.48 Å². The summed E-state index contributed by atoms with van der Waals surface area (Å²) in [7, 11) is 1.86. The predicted molar refractivity (Wildman–Crippen MR) is 94.5 cm³/mol. The number of halogens is 1. The summed E-state index contributed by atoms with van der Waals surface area (Å²) in [6.07, 6.45) is 1.95. The van der Waals surface area contributed by atoms with Crippen molar-refractivity contribution in [2.45, 2.75) is 47.5 Å². The quantitative estimate of drug-likeness (QED) is 0.851. The van der Waals surface area contributed by atoms with Crippen LogP contribution in [0.2, 0.25) is 5.02 Å². The number of rotatable bonds is 2. The van der Waals surface area contributed by atoms with Crippen LogP contribution >= 0.6 is 11.6 Å². The van der Waals surface area contributed by atoms with E-state index >= 15 is 0 Å². The molecule has 5 heteroatoms. The van der Waals surface area contributed by atoms with Crippen LogP contribution in [0.15, 0.2) is 12.1 Å². The van der Waals surface area contributed by atoms with Gasteiger partial charge in [0.05, 0.1) is 15.9 Å². The molecule has 1 aromatic heterocycles. The molecule has 0 unspecified atom stereocenters. The molecule has 2 aromatic rings. The third kappa shape index (κ3) is 3.80. The Morgan fingerprint density at radius 1 is 1.27 bits per heavy atom. The summed E-state index contributed by atoms with van der Waals surface area (Å²) in [5.41, 5.74) is 2.06. The summed E-state index contributed by atoms with van der Waals surface area (Å²) in [5, 5.41) is 8.69. The number of hydrogen-bond acceptors (Lipinski definition) is 2. The van der Waals surface area contributed by atoms with Crippen molar-refractivity contribution in [2.75, 3.05) is 5.32 Å². The van der Waals surface area contributed by atoms with Crippen LogP contribution in [0.3, 0.4) is 0 Å². The lowest BCUT2D eigenvalue weighted by Gasteiger charge is -2.02. The zero-order valence-electron chi connectivity index (χ0n) is 14.3. The molecular formula is C17H26ClN3O. The van der Waals surface area contributed by atoms with Gasteiger partial charge in [0, 0.05) is 13.0 Å². The normalized spacial score (nSPS) is 12.9. The van der Waals surface area contributed by atoms with Crippen LogP contribution < -0.4 is 5.32 Å². The Labute approximate surface area is 137 Å². The first-order valence-electron chi connectivity index (χ1n) is 8.00. The largest absolute Gasteiger partial charge is 0.308 e. The number of nitrogens with one attached hydrogen (secondary N) is 1. The third-order valence-electron chi connectivity index (χ3n) is 3.33. The molecule has 1 heterocycles. The predicted octanol–water partition coefficient (Wildman–Crippen LogP) is 4.94. The Bertz CT molecular complexity index is 645. The summed E-state index contributed by atoms with van der Waals surface area (Å²) in [6.45, 7) is 10.0. The number of benzene rings is 1. The Morgan fingerprint density at radius 2 is 1.86 bits per heavy atom. The van der Waals surface area contributed by atoms with Crippen molar-refractivity contribution in [3.05, 3.63) is 22.7 Å². The van der Waals surface area contributed by atoms with E-state index < -0.39 is 0 Å². The molecule has 22 heavy (non-hydrogen) atoms. The molecule has 1 saturated carbocycles. The second kappa shape index (κ2) is 8.18. The van der Waals surface area contributed by atoms with Crippen LogP contribution in [0.25, 0.3) is 10.9 Å². The molecule has 0 bridgehead atoms. The molecule has 1 aliphatic rings. The smallest absolute Gasteiger partial charge is 0.228 e. The van der Waals surface area contributed by atoms with E-state index in [4.69, 9.17) is 11.6 Å². The van der Waals surface area contributed by atoms with Crippen molar-refractivity contribution >= 4 is 34.2 Å². The van der Waals surface area contributed by atoms with E-state index in [-0.39, 0.29) is 11.8 Å². The van der Waals surface area contributed by atoms with Crippen molar-refractivity contribution in [1.29, 1.82) is 0 Å². The second-order valence-corrected chi connectivity index (χ2v) is 5.23. The number of anilines is 1. The summed E-state index contributed by atoms with van der Waals surface area (Å²) < 4.78 is 1.76. The van der Waals surface area contributed by atoms with Crippen molar-refractivity contribution in [3.8, 4) is 0 Å². The fourth-order valence-corrected chi connectivity index (χ4v) is 2.46. The number of hydrogen-bond donors (Lipinski definition) is 1. The van der Waals surface area contributed by atoms with Crippen LogP contribution in [0.1, 0.15) is 46.1 Å². The van der Waals surface area contributed by atoms with E-state index in [1.165, 1.54) is 0 Å². The van der Waals surface area contributed by atoms with Gasteiger partial charge in [0.15, 0.2) is 5.82 Å². The Morgan fingerprint density at radius 3 is 2.41 bits per heavy atom.